The maximum Gasteiger partial charge on any atom is 0.240 e. The van der Waals surface area contributed by atoms with E-state index >= 15 is 0 Å². The van der Waals surface area contributed by atoms with Crippen LogP contribution < -0.4 is 10.7 Å². The van der Waals surface area contributed by atoms with Gasteiger partial charge in [0, 0.05) is 37.3 Å². The number of amides is 3. The molecule has 4 rings (SSSR count). The Bertz CT molecular complexity index is 1080. The number of hydrazone groups is 1. The van der Waals surface area contributed by atoms with Crippen molar-refractivity contribution in [1.82, 2.24) is 10.3 Å². The second-order valence-electron chi connectivity index (χ2n) is 8.83. The average Bonchev–Trinajstić information content (AvgIpc) is 2.84. The first kappa shape index (κ1) is 22.7. The van der Waals surface area contributed by atoms with E-state index in [2.05, 4.69) is 41.0 Å². The summed E-state index contributed by atoms with van der Waals surface area (Å²) in [6.07, 6.45) is 3.49. The van der Waals surface area contributed by atoms with Crippen molar-refractivity contribution in [3.8, 4) is 11.1 Å². The maximum absolute atomic E-state index is 13.0. The predicted octanol–water partition coefficient (Wildman–Crippen LogP) is 3.89. The standard InChI is InChI=1S/C26H30N4O3/c1-18-5-2-6-19(15-18)20-7-3-9-23(16-20)27-26(33)21-8-4-14-30(17-21)25(32)13-11-22-10-12-24(31)29-28-22/h2-3,5-7,9,15-16,21H,4,8,10-14,17H2,1H3,(H,27,33)(H,29,31)/t21-/m1/s1. The molecule has 7 nitrogen and oxygen atoms in total. The zero-order valence-electron chi connectivity index (χ0n) is 19.0. The molecule has 33 heavy (non-hydrogen) atoms. The molecule has 0 spiro atoms. The molecule has 7 heteroatoms. The Balaban J connectivity index is 1.33. The van der Waals surface area contributed by atoms with Gasteiger partial charge in [-0.25, -0.2) is 5.43 Å². The number of carbonyl (C=O) groups is 3. The fourth-order valence-corrected chi connectivity index (χ4v) is 4.36. The second-order valence-corrected chi connectivity index (χ2v) is 8.83. The lowest BCUT2D eigenvalue weighted by atomic mass is 9.96. The highest BCUT2D eigenvalue weighted by atomic mass is 16.2. The van der Waals surface area contributed by atoms with E-state index in [9.17, 15) is 14.4 Å². The molecule has 2 aromatic carbocycles. The third-order valence-electron chi connectivity index (χ3n) is 6.23. The van der Waals surface area contributed by atoms with E-state index in [4.69, 9.17) is 0 Å². The molecular formula is C26H30N4O3. The lowest BCUT2D eigenvalue weighted by Crippen LogP contribution is -2.43. The molecule has 1 fully saturated rings. The summed E-state index contributed by atoms with van der Waals surface area (Å²) in [7, 11) is 0. The summed E-state index contributed by atoms with van der Waals surface area (Å²) in [4.78, 5) is 38.7. The fraction of sp³-hybridized carbons (Fsp3) is 0.385. The van der Waals surface area contributed by atoms with Crippen LogP contribution in [0.2, 0.25) is 0 Å². The minimum Gasteiger partial charge on any atom is -0.342 e. The first-order chi connectivity index (χ1) is 16.0. The maximum atomic E-state index is 13.0. The summed E-state index contributed by atoms with van der Waals surface area (Å²) in [6, 6.07) is 16.1. The minimum absolute atomic E-state index is 0.0357. The van der Waals surface area contributed by atoms with Crippen LogP contribution in [0.3, 0.4) is 0 Å². The zero-order chi connectivity index (χ0) is 23.2. The van der Waals surface area contributed by atoms with Gasteiger partial charge in [0.25, 0.3) is 0 Å². The molecule has 2 N–H and O–H groups in total. The van der Waals surface area contributed by atoms with E-state index in [-0.39, 0.29) is 23.6 Å². The lowest BCUT2D eigenvalue weighted by Gasteiger charge is -2.32. The molecule has 0 unspecified atom stereocenters. The van der Waals surface area contributed by atoms with Crippen molar-refractivity contribution < 1.29 is 14.4 Å². The van der Waals surface area contributed by atoms with Gasteiger partial charge in [-0.05, 0) is 55.9 Å². The number of aryl methyl sites for hydroxylation is 1. The molecule has 0 radical (unpaired) electrons. The van der Waals surface area contributed by atoms with E-state index in [1.54, 1.807) is 4.90 Å². The third kappa shape index (κ3) is 6.06. The van der Waals surface area contributed by atoms with Gasteiger partial charge in [-0.2, -0.15) is 5.10 Å². The lowest BCUT2D eigenvalue weighted by molar-refractivity contribution is -0.134. The minimum atomic E-state index is -0.225. The number of hydrogen-bond acceptors (Lipinski definition) is 4. The van der Waals surface area contributed by atoms with Crippen LogP contribution in [0.5, 0.6) is 0 Å². The van der Waals surface area contributed by atoms with Crippen LogP contribution in [0.4, 0.5) is 5.69 Å². The molecule has 2 heterocycles. The summed E-state index contributed by atoms with van der Waals surface area (Å²) in [6.45, 7) is 3.17. The van der Waals surface area contributed by atoms with E-state index in [0.717, 1.165) is 35.4 Å². The Kier molecular flexibility index (Phi) is 7.17. The molecular weight excluding hydrogens is 416 g/mol. The Hall–Kier alpha value is -3.48. The molecule has 0 saturated carbocycles. The van der Waals surface area contributed by atoms with Gasteiger partial charge in [-0.3, -0.25) is 14.4 Å². The number of anilines is 1. The van der Waals surface area contributed by atoms with Gasteiger partial charge in [0.15, 0.2) is 0 Å². The van der Waals surface area contributed by atoms with Gasteiger partial charge in [0.2, 0.25) is 17.7 Å². The quantitative estimate of drug-likeness (QED) is 0.705. The Morgan fingerprint density at radius 3 is 2.67 bits per heavy atom. The van der Waals surface area contributed by atoms with Crippen molar-refractivity contribution in [2.75, 3.05) is 18.4 Å². The molecule has 1 atom stereocenters. The van der Waals surface area contributed by atoms with Crippen LogP contribution in [0.25, 0.3) is 11.1 Å². The molecule has 172 valence electrons. The molecule has 2 aromatic rings. The van der Waals surface area contributed by atoms with E-state index in [1.807, 2.05) is 30.3 Å². The van der Waals surface area contributed by atoms with Gasteiger partial charge < -0.3 is 10.2 Å². The topological polar surface area (TPSA) is 90.9 Å². The van der Waals surface area contributed by atoms with Gasteiger partial charge >= 0.3 is 0 Å². The number of carbonyl (C=O) groups excluding carboxylic acids is 3. The van der Waals surface area contributed by atoms with Gasteiger partial charge in [0.05, 0.1) is 5.92 Å². The number of benzene rings is 2. The van der Waals surface area contributed by atoms with Crippen LogP contribution in [0.15, 0.2) is 53.6 Å². The predicted molar refractivity (Wildman–Crippen MR) is 129 cm³/mol. The number of rotatable bonds is 6. The summed E-state index contributed by atoms with van der Waals surface area (Å²) in [5.74, 6) is -0.321. The van der Waals surface area contributed by atoms with Gasteiger partial charge in [-0.1, -0.05) is 42.0 Å². The van der Waals surface area contributed by atoms with Crippen molar-refractivity contribution in [1.29, 1.82) is 0 Å². The number of hydrogen-bond donors (Lipinski definition) is 2. The monoisotopic (exact) mass is 446 g/mol. The largest absolute Gasteiger partial charge is 0.342 e. The van der Waals surface area contributed by atoms with Crippen molar-refractivity contribution >= 4 is 29.1 Å². The summed E-state index contributed by atoms with van der Waals surface area (Å²) in [5, 5.41) is 7.08. The second kappa shape index (κ2) is 10.4. The van der Waals surface area contributed by atoms with Crippen molar-refractivity contribution in [3.05, 3.63) is 54.1 Å². The summed E-state index contributed by atoms with van der Waals surface area (Å²) >= 11 is 0. The van der Waals surface area contributed by atoms with Crippen LogP contribution in [0.1, 0.15) is 44.1 Å². The highest BCUT2D eigenvalue weighted by molar-refractivity contribution is 5.95. The van der Waals surface area contributed by atoms with E-state index < -0.39 is 0 Å². The highest BCUT2D eigenvalue weighted by Gasteiger charge is 2.28. The SMILES string of the molecule is Cc1cccc(-c2cccc(NC(=O)[C@@H]3CCCN(C(=O)CCC4=NNC(=O)CC4)C3)c2)c1. The Morgan fingerprint density at radius 2 is 1.91 bits per heavy atom. The van der Waals surface area contributed by atoms with E-state index in [1.165, 1.54) is 5.56 Å². The van der Waals surface area contributed by atoms with Crippen LogP contribution in [-0.4, -0.2) is 41.4 Å². The molecule has 2 aliphatic heterocycles. The first-order valence-corrected chi connectivity index (χ1v) is 11.6. The van der Waals surface area contributed by atoms with Crippen molar-refractivity contribution in [2.45, 2.75) is 45.4 Å². The number of likely N-dealkylation sites (tertiary alicyclic amines) is 1. The first-order valence-electron chi connectivity index (χ1n) is 11.6. The van der Waals surface area contributed by atoms with Crippen molar-refractivity contribution in [2.24, 2.45) is 11.0 Å². The molecule has 0 aromatic heterocycles. The zero-order valence-corrected chi connectivity index (χ0v) is 19.0. The Morgan fingerprint density at radius 1 is 1.12 bits per heavy atom. The third-order valence-corrected chi connectivity index (χ3v) is 6.23. The molecule has 3 amide bonds. The van der Waals surface area contributed by atoms with Gasteiger partial charge in [0.1, 0.15) is 0 Å². The molecule has 0 bridgehead atoms. The van der Waals surface area contributed by atoms with Crippen LogP contribution in [-0.2, 0) is 14.4 Å². The van der Waals surface area contributed by atoms with Crippen LogP contribution >= 0.6 is 0 Å². The van der Waals surface area contributed by atoms with E-state index in [0.29, 0.717) is 38.8 Å². The fourth-order valence-electron chi connectivity index (χ4n) is 4.36. The number of piperidine rings is 1. The van der Waals surface area contributed by atoms with Crippen molar-refractivity contribution in [3.63, 3.8) is 0 Å². The average molecular weight is 447 g/mol. The van der Waals surface area contributed by atoms with Crippen LogP contribution in [0, 0.1) is 12.8 Å². The van der Waals surface area contributed by atoms with Gasteiger partial charge in [-0.15, -0.1) is 0 Å². The Labute approximate surface area is 194 Å². The molecule has 2 aliphatic rings. The number of nitrogens with one attached hydrogen (secondary N) is 2. The summed E-state index contributed by atoms with van der Waals surface area (Å²) < 4.78 is 0. The number of nitrogens with zero attached hydrogens (tertiary/aromatic N) is 2. The molecule has 1 saturated heterocycles. The highest BCUT2D eigenvalue weighted by Crippen LogP contribution is 2.25. The molecule has 0 aliphatic carbocycles. The summed E-state index contributed by atoms with van der Waals surface area (Å²) in [5.41, 5.74) is 7.44. The smallest absolute Gasteiger partial charge is 0.240 e. The normalized spacial score (nSPS) is 18.3.